The highest BCUT2D eigenvalue weighted by molar-refractivity contribution is 14.2. The lowest BCUT2D eigenvalue weighted by Gasteiger charge is -2.00. The van der Waals surface area contributed by atoms with Crippen molar-refractivity contribution in [3.8, 4) is 11.1 Å². The highest BCUT2D eigenvalue weighted by Gasteiger charge is 1.99. The average molecular weight is 408 g/mol. The van der Waals surface area contributed by atoms with Crippen LogP contribution in [0.5, 0.6) is 0 Å². The Labute approximate surface area is 124 Å². The molecule has 6 nitrogen and oxygen atoms in total. The van der Waals surface area contributed by atoms with Crippen molar-refractivity contribution in [2.24, 2.45) is 10.3 Å². The molecule has 2 aromatic rings. The van der Waals surface area contributed by atoms with Crippen LogP contribution in [-0.2, 0) is 16.3 Å². The maximum atomic E-state index is 10.8. The highest BCUT2D eigenvalue weighted by Crippen LogP contribution is 2.23. The van der Waals surface area contributed by atoms with Gasteiger partial charge in [0.2, 0.25) is 0 Å². The molecule has 108 valence electrons. The molecule has 0 aliphatic rings. The van der Waals surface area contributed by atoms with Gasteiger partial charge in [0.05, 0.1) is 3.57 Å². The van der Waals surface area contributed by atoms with Gasteiger partial charge in [-0.1, -0.05) is 42.5 Å². The number of benzene rings is 2. The quantitative estimate of drug-likeness (QED) is 0.737. The lowest BCUT2D eigenvalue weighted by molar-refractivity contribution is 0.599. The minimum Gasteiger partial charge on any atom is -0.230 e. The van der Waals surface area contributed by atoms with E-state index in [1.54, 1.807) is 12.1 Å². The van der Waals surface area contributed by atoms with Crippen molar-refractivity contribution >= 4 is 30.0 Å². The second kappa shape index (κ2) is 7.43. The summed E-state index contributed by atoms with van der Waals surface area (Å²) in [6.07, 6.45) is 0. The first-order valence-corrected chi connectivity index (χ1v) is 9.73. The van der Waals surface area contributed by atoms with E-state index in [2.05, 4.69) is 10.3 Å². The van der Waals surface area contributed by atoms with Crippen LogP contribution in [0.2, 0.25) is 0 Å². The third-order valence-electron chi connectivity index (χ3n) is 2.13. The van der Waals surface area contributed by atoms with Crippen LogP contribution >= 0.6 is 19.8 Å². The Morgan fingerprint density at radius 2 is 1.15 bits per heavy atom. The average Bonchev–Trinajstić information content (AvgIpc) is 2.38. The maximum absolute atomic E-state index is 10.8. The van der Waals surface area contributed by atoms with Crippen LogP contribution in [0.3, 0.4) is 0 Å². The first-order valence-electron chi connectivity index (χ1n) is 5.28. The van der Waals surface area contributed by atoms with Gasteiger partial charge in [0.15, 0.2) is 0 Å². The second-order valence-corrected chi connectivity index (χ2v) is 7.34. The molecule has 0 unspecified atom stereocenters. The monoisotopic (exact) mass is 408 g/mol. The van der Waals surface area contributed by atoms with Gasteiger partial charge in [-0.3, -0.25) is 0 Å². The molecule has 0 fully saturated rings. The number of hydrogen-bond donors (Lipinski definition) is 2. The first-order chi connectivity index (χ1) is 9.27. The number of rotatable bonds is 2. The van der Waals surface area contributed by atoms with E-state index in [1.807, 2.05) is 42.5 Å². The fourth-order valence-electron chi connectivity index (χ4n) is 1.38. The van der Waals surface area contributed by atoms with Crippen molar-refractivity contribution in [3.05, 3.63) is 58.2 Å². The van der Waals surface area contributed by atoms with E-state index in [0.717, 1.165) is 11.1 Å². The summed E-state index contributed by atoms with van der Waals surface area (Å²) in [5, 5.41) is 8.21. The SMILES string of the molecule is NS(N)(=O)=O.O=I(=O)c1ccc(-c2ccccc2)cc1. The Morgan fingerprint density at radius 1 is 0.750 bits per heavy atom. The zero-order valence-electron chi connectivity index (χ0n) is 10.3. The van der Waals surface area contributed by atoms with Crippen LogP contribution in [0.25, 0.3) is 11.1 Å². The van der Waals surface area contributed by atoms with Crippen LogP contribution in [0.4, 0.5) is 0 Å². The second-order valence-electron chi connectivity index (χ2n) is 3.68. The zero-order chi connectivity index (χ0) is 15.2. The van der Waals surface area contributed by atoms with Gasteiger partial charge in [-0.2, -0.15) is 8.42 Å². The van der Waals surface area contributed by atoms with E-state index in [4.69, 9.17) is 0 Å². The zero-order valence-corrected chi connectivity index (χ0v) is 13.2. The largest absolute Gasteiger partial charge is 0.340 e. The summed E-state index contributed by atoms with van der Waals surface area (Å²) in [6.45, 7) is 0. The highest BCUT2D eigenvalue weighted by atomic mass is 127. The molecular weight excluding hydrogens is 395 g/mol. The molecule has 0 bridgehead atoms. The van der Waals surface area contributed by atoms with Gasteiger partial charge in [-0.15, -0.1) is 0 Å². The van der Waals surface area contributed by atoms with Crippen molar-refractivity contribution in [3.63, 3.8) is 0 Å². The number of halogens is 1. The Morgan fingerprint density at radius 3 is 1.55 bits per heavy atom. The van der Waals surface area contributed by atoms with Crippen LogP contribution in [0.1, 0.15) is 0 Å². The fourth-order valence-corrected chi connectivity index (χ4v) is 2.32. The van der Waals surface area contributed by atoms with Gasteiger partial charge >= 0.3 is 19.8 Å². The summed E-state index contributed by atoms with van der Waals surface area (Å²) in [5.74, 6) is 0. The molecule has 4 N–H and O–H groups in total. The fraction of sp³-hybridized carbons (Fsp3) is 0. The summed E-state index contributed by atoms with van der Waals surface area (Å²) in [6, 6.07) is 16.9. The third-order valence-corrected chi connectivity index (χ3v) is 3.87. The van der Waals surface area contributed by atoms with Crippen molar-refractivity contribution in [2.75, 3.05) is 0 Å². The predicted octanol–water partition coefficient (Wildman–Crippen LogP) is 1.87. The summed E-state index contributed by atoms with van der Waals surface area (Å²) in [5.41, 5.74) is 2.14. The molecule has 0 spiro atoms. The van der Waals surface area contributed by atoms with Gasteiger partial charge < -0.3 is 0 Å². The van der Waals surface area contributed by atoms with Gasteiger partial charge in [0.25, 0.3) is 10.2 Å². The molecule has 0 saturated carbocycles. The first kappa shape index (κ1) is 16.7. The third kappa shape index (κ3) is 6.70. The lowest BCUT2D eigenvalue weighted by Crippen LogP contribution is -2.21. The van der Waals surface area contributed by atoms with Gasteiger partial charge in [-0.05, 0) is 23.3 Å². The minimum atomic E-state index is -3.67. The van der Waals surface area contributed by atoms with Crippen molar-refractivity contribution in [1.82, 2.24) is 0 Å². The lowest BCUT2D eigenvalue weighted by atomic mass is 10.1. The van der Waals surface area contributed by atoms with Gasteiger partial charge in [-0.25, -0.2) is 16.4 Å². The van der Waals surface area contributed by atoms with Crippen molar-refractivity contribution in [1.29, 1.82) is 0 Å². The Kier molecular flexibility index (Phi) is 6.20. The smallest absolute Gasteiger partial charge is 0.230 e. The standard InChI is InChI=1S/C12H9IO2.H4N2O2S/c14-13(15)12-8-6-11(7-9-12)10-4-2-1-3-5-10;1-5(2,3)4/h1-9H;(H4,1,2,3,4). The molecule has 8 heteroatoms. The molecule has 2 aromatic carbocycles. The van der Waals surface area contributed by atoms with Gasteiger partial charge in [0.1, 0.15) is 0 Å². The van der Waals surface area contributed by atoms with E-state index in [9.17, 15) is 14.6 Å². The predicted molar refractivity (Wildman–Crippen MR) is 83.3 cm³/mol. The number of nitrogens with two attached hydrogens (primary N) is 2. The molecule has 0 aliphatic carbocycles. The Hall–Kier alpha value is -1.36. The molecular formula is C12H13IN2O4S. The molecule has 20 heavy (non-hydrogen) atoms. The minimum absolute atomic E-state index is 0.443. The number of hydrogen-bond acceptors (Lipinski definition) is 4. The van der Waals surface area contributed by atoms with Crippen LogP contribution in [0, 0.1) is 3.57 Å². The van der Waals surface area contributed by atoms with E-state index in [0.29, 0.717) is 3.57 Å². The van der Waals surface area contributed by atoms with Crippen molar-refractivity contribution < 1.29 is 14.6 Å². The molecule has 0 saturated heterocycles. The van der Waals surface area contributed by atoms with E-state index in [1.165, 1.54) is 0 Å². The molecule has 0 amide bonds. The summed E-state index contributed by atoms with van der Waals surface area (Å²) < 4.78 is 40.4. The van der Waals surface area contributed by atoms with Crippen LogP contribution in [-0.4, -0.2) is 8.42 Å². The molecule has 0 atom stereocenters. The maximum Gasteiger partial charge on any atom is 0.340 e. The topological polar surface area (TPSA) is 120 Å². The summed E-state index contributed by atoms with van der Waals surface area (Å²) in [7, 11) is -3.67. The van der Waals surface area contributed by atoms with E-state index >= 15 is 0 Å². The molecule has 0 aromatic heterocycles. The van der Waals surface area contributed by atoms with E-state index in [-0.39, 0.29) is 0 Å². The molecule has 2 rings (SSSR count). The Bertz CT molecular complexity index is 710. The molecule has 0 heterocycles. The normalized spacial score (nSPS) is 10.8. The molecule has 0 aliphatic heterocycles. The van der Waals surface area contributed by atoms with Crippen LogP contribution < -0.4 is 10.3 Å². The van der Waals surface area contributed by atoms with Gasteiger partial charge in [0, 0.05) is 0 Å². The summed E-state index contributed by atoms with van der Waals surface area (Å²) in [4.78, 5) is 0. The Balaban J connectivity index is 0.000000347. The van der Waals surface area contributed by atoms with E-state index < -0.39 is 30.0 Å². The van der Waals surface area contributed by atoms with Crippen molar-refractivity contribution in [2.45, 2.75) is 0 Å². The summed E-state index contributed by atoms with van der Waals surface area (Å²) >= 11 is -3.30. The molecule has 0 radical (unpaired) electrons. The van der Waals surface area contributed by atoms with Crippen LogP contribution in [0.15, 0.2) is 54.6 Å².